The maximum Gasteiger partial charge on any atom is 0.306 e. The molecule has 0 N–H and O–H groups in total. The van der Waals surface area contributed by atoms with Crippen molar-refractivity contribution in [1.29, 1.82) is 0 Å². The van der Waals surface area contributed by atoms with E-state index in [-0.39, 0.29) is 31.1 Å². The molecule has 0 aliphatic heterocycles. The van der Waals surface area contributed by atoms with E-state index in [9.17, 15) is 14.4 Å². The third kappa shape index (κ3) is 63.8. The number of hydrogen-bond acceptors (Lipinski definition) is 6. The van der Waals surface area contributed by atoms with Crippen molar-refractivity contribution in [2.75, 3.05) is 13.2 Å². The Morgan fingerprint density at radius 1 is 0.273 bits per heavy atom. The summed E-state index contributed by atoms with van der Waals surface area (Å²) in [5, 5.41) is 0. The van der Waals surface area contributed by atoms with Crippen molar-refractivity contribution in [2.24, 2.45) is 0 Å². The first-order valence-corrected chi connectivity index (χ1v) is 33.8. The van der Waals surface area contributed by atoms with Crippen molar-refractivity contribution in [3.63, 3.8) is 0 Å². The van der Waals surface area contributed by atoms with Crippen LogP contribution in [0.25, 0.3) is 0 Å². The second-order valence-electron chi connectivity index (χ2n) is 22.7. The Kier molecular flexibility index (Phi) is 63.2. The Morgan fingerprint density at radius 2 is 0.506 bits per heavy atom. The van der Waals surface area contributed by atoms with Gasteiger partial charge in [-0.3, -0.25) is 14.4 Å². The maximum absolute atomic E-state index is 12.8. The molecule has 0 rings (SSSR count). The number of ether oxygens (including phenoxy) is 3. The van der Waals surface area contributed by atoms with E-state index in [0.717, 1.165) is 89.9 Å². The number of rotatable bonds is 62. The van der Waals surface area contributed by atoms with Crippen LogP contribution in [0.3, 0.4) is 0 Å². The molecule has 0 bridgehead atoms. The van der Waals surface area contributed by atoms with Crippen LogP contribution in [0.2, 0.25) is 0 Å². The molecule has 0 amide bonds. The number of esters is 3. The average Bonchev–Trinajstić information content (AvgIpc) is 3.43. The first kappa shape index (κ1) is 74.1. The lowest BCUT2D eigenvalue weighted by molar-refractivity contribution is -0.167. The number of carbonyl (C=O) groups excluding carboxylic acids is 3. The molecule has 0 aliphatic carbocycles. The summed E-state index contributed by atoms with van der Waals surface area (Å²) in [6.45, 7) is 6.54. The molecular weight excluding hydrogens is 949 g/mol. The fourth-order valence-corrected chi connectivity index (χ4v) is 9.96. The molecule has 0 spiro atoms. The highest BCUT2D eigenvalue weighted by atomic mass is 16.6. The molecule has 0 radical (unpaired) electrons. The topological polar surface area (TPSA) is 78.9 Å². The van der Waals surface area contributed by atoms with Crippen molar-refractivity contribution in [2.45, 2.75) is 361 Å². The van der Waals surface area contributed by atoms with E-state index in [1.165, 1.54) is 225 Å². The lowest BCUT2D eigenvalue weighted by Crippen LogP contribution is -2.30. The van der Waals surface area contributed by atoms with Crippen LogP contribution in [-0.2, 0) is 28.6 Å². The molecule has 1 atom stereocenters. The van der Waals surface area contributed by atoms with Gasteiger partial charge in [0.25, 0.3) is 0 Å². The SMILES string of the molecule is CC/C=C\C/C=C\C/C=C\C/C=C\CCCCCCCCCCCCCCCCCCCCCCCCC(=O)OCC(COC(=O)CCCCCCCCCCCCCC)OC(=O)CCCCCCC/C=C\CCCCC. The molecule has 6 heteroatoms. The molecule has 0 aromatic heterocycles. The summed E-state index contributed by atoms with van der Waals surface area (Å²) in [6.07, 6.45) is 84.1. The second-order valence-corrected chi connectivity index (χ2v) is 22.7. The van der Waals surface area contributed by atoms with Gasteiger partial charge in [0, 0.05) is 19.3 Å². The predicted molar refractivity (Wildman–Crippen MR) is 335 cm³/mol. The van der Waals surface area contributed by atoms with Gasteiger partial charge in [-0.15, -0.1) is 0 Å². The van der Waals surface area contributed by atoms with Crippen molar-refractivity contribution >= 4 is 17.9 Å². The highest BCUT2D eigenvalue weighted by Gasteiger charge is 2.19. The molecule has 0 fully saturated rings. The van der Waals surface area contributed by atoms with Crippen LogP contribution in [-0.4, -0.2) is 37.2 Å². The first-order chi connectivity index (χ1) is 38.0. The van der Waals surface area contributed by atoms with Gasteiger partial charge in [0.05, 0.1) is 0 Å². The molecule has 6 nitrogen and oxygen atoms in total. The van der Waals surface area contributed by atoms with Crippen LogP contribution < -0.4 is 0 Å². The van der Waals surface area contributed by atoms with Crippen LogP contribution in [0, 0.1) is 0 Å². The highest BCUT2D eigenvalue weighted by Crippen LogP contribution is 2.18. The smallest absolute Gasteiger partial charge is 0.306 e. The summed E-state index contributed by atoms with van der Waals surface area (Å²) in [4.78, 5) is 38.2. The van der Waals surface area contributed by atoms with Crippen molar-refractivity contribution < 1.29 is 28.6 Å². The summed E-state index contributed by atoms with van der Waals surface area (Å²) in [5.74, 6) is -0.860. The lowest BCUT2D eigenvalue weighted by atomic mass is 10.0. The normalized spacial score (nSPS) is 12.4. The molecular formula is C71H128O6. The molecule has 0 heterocycles. The van der Waals surface area contributed by atoms with Crippen LogP contribution in [0.15, 0.2) is 60.8 Å². The van der Waals surface area contributed by atoms with Gasteiger partial charge in [-0.1, -0.05) is 313 Å². The zero-order chi connectivity index (χ0) is 55.7. The van der Waals surface area contributed by atoms with E-state index < -0.39 is 6.10 Å². The van der Waals surface area contributed by atoms with Crippen LogP contribution in [0.4, 0.5) is 0 Å². The third-order valence-electron chi connectivity index (χ3n) is 15.0. The number of hydrogen-bond donors (Lipinski definition) is 0. The number of unbranched alkanes of at least 4 members (excludes halogenated alkanes) is 41. The van der Waals surface area contributed by atoms with Crippen molar-refractivity contribution in [1.82, 2.24) is 0 Å². The molecule has 0 aromatic rings. The predicted octanol–water partition coefficient (Wildman–Crippen LogP) is 23.1. The van der Waals surface area contributed by atoms with Gasteiger partial charge in [-0.2, -0.15) is 0 Å². The minimum Gasteiger partial charge on any atom is -0.462 e. The van der Waals surface area contributed by atoms with Gasteiger partial charge in [0.2, 0.25) is 0 Å². The summed E-state index contributed by atoms with van der Waals surface area (Å²) in [7, 11) is 0. The van der Waals surface area contributed by atoms with Crippen LogP contribution >= 0.6 is 0 Å². The van der Waals surface area contributed by atoms with Crippen LogP contribution in [0.5, 0.6) is 0 Å². The Labute approximate surface area is 479 Å². The van der Waals surface area contributed by atoms with E-state index >= 15 is 0 Å². The molecule has 77 heavy (non-hydrogen) atoms. The number of allylic oxidation sites excluding steroid dienone is 10. The minimum absolute atomic E-state index is 0.0710. The van der Waals surface area contributed by atoms with Crippen LogP contribution in [0.1, 0.15) is 355 Å². The van der Waals surface area contributed by atoms with E-state index in [2.05, 4.69) is 81.5 Å². The average molecular weight is 1080 g/mol. The molecule has 0 aromatic carbocycles. The minimum atomic E-state index is -0.773. The van der Waals surface area contributed by atoms with E-state index in [0.29, 0.717) is 19.3 Å². The van der Waals surface area contributed by atoms with Gasteiger partial charge in [-0.05, 0) is 83.5 Å². The standard InChI is InChI=1S/C71H128O6/c1-4-7-10-13-16-19-22-25-26-27-28-29-30-31-32-33-34-35-36-37-38-39-40-41-42-43-44-45-46-47-50-52-55-58-61-64-70(73)76-67-68(77-71(74)65-62-59-56-53-49-24-21-18-15-12-9-6-3)66-75-69(72)63-60-57-54-51-48-23-20-17-14-11-8-5-2/h7,10,16,18-19,21,25-26,28-29,68H,4-6,8-9,11-15,17,20,22-24,27,30-67H2,1-3H3/b10-7-,19-16-,21-18-,26-25-,29-28-. The molecule has 0 aliphatic rings. The summed E-state index contributed by atoms with van der Waals surface area (Å²) in [6, 6.07) is 0. The van der Waals surface area contributed by atoms with Gasteiger partial charge in [-0.25, -0.2) is 0 Å². The summed E-state index contributed by atoms with van der Waals surface area (Å²) < 4.78 is 16.9. The zero-order valence-electron chi connectivity index (χ0n) is 51.5. The van der Waals surface area contributed by atoms with Gasteiger partial charge < -0.3 is 14.2 Å². The maximum atomic E-state index is 12.8. The molecule has 448 valence electrons. The van der Waals surface area contributed by atoms with E-state index in [4.69, 9.17) is 14.2 Å². The molecule has 0 saturated carbocycles. The summed E-state index contributed by atoms with van der Waals surface area (Å²) in [5.41, 5.74) is 0. The molecule has 1 unspecified atom stereocenters. The van der Waals surface area contributed by atoms with Gasteiger partial charge in [0.1, 0.15) is 13.2 Å². The summed E-state index contributed by atoms with van der Waals surface area (Å²) >= 11 is 0. The first-order valence-electron chi connectivity index (χ1n) is 33.8. The monoisotopic (exact) mass is 1080 g/mol. The Morgan fingerprint density at radius 3 is 0.831 bits per heavy atom. The Bertz CT molecular complexity index is 1380. The number of carbonyl (C=O) groups is 3. The van der Waals surface area contributed by atoms with Gasteiger partial charge >= 0.3 is 17.9 Å². The largest absolute Gasteiger partial charge is 0.462 e. The van der Waals surface area contributed by atoms with Crippen molar-refractivity contribution in [3.8, 4) is 0 Å². The van der Waals surface area contributed by atoms with Gasteiger partial charge in [0.15, 0.2) is 6.10 Å². The lowest BCUT2D eigenvalue weighted by Gasteiger charge is -2.18. The fourth-order valence-electron chi connectivity index (χ4n) is 9.96. The van der Waals surface area contributed by atoms with Crippen molar-refractivity contribution in [3.05, 3.63) is 60.8 Å². The zero-order valence-corrected chi connectivity index (χ0v) is 51.5. The quantitative estimate of drug-likeness (QED) is 0.0261. The fraction of sp³-hybridized carbons (Fsp3) is 0.817. The van der Waals surface area contributed by atoms with E-state index in [1.54, 1.807) is 0 Å². The second kappa shape index (κ2) is 65.6. The Hall–Kier alpha value is -2.89. The molecule has 0 saturated heterocycles. The highest BCUT2D eigenvalue weighted by molar-refractivity contribution is 5.71. The Balaban J connectivity index is 4.00. The third-order valence-corrected chi connectivity index (χ3v) is 15.0. The van der Waals surface area contributed by atoms with E-state index in [1.807, 2.05) is 0 Å².